The standard InChI is InChI=1S/C6H8S.CH4S/c1-5-3-4-6(2)7-5;1-2/h3-4H,1-2H3;2H,1H3. The zero-order chi connectivity index (χ0) is 7.28. The number of thiol groups is 1. The fourth-order valence-electron chi connectivity index (χ4n) is 0.557. The van der Waals surface area contributed by atoms with Crippen molar-refractivity contribution in [1.82, 2.24) is 0 Å². The van der Waals surface area contributed by atoms with Crippen molar-refractivity contribution in [3.8, 4) is 0 Å². The average Bonchev–Trinajstić information content (AvgIpc) is 2.20. The van der Waals surface area contributed by atoms with Crippen molar-refractivity contribution in [2.24, 2.45) is 0 Å². The van der Waals surface area contributed by atoms with Gasteiger partial charge in [-0.1, -0.05) is 0 Å². The van der Waals surface area contributed by atoms with E-state index in [9.17, 15) is 0 Å². The zero-order valence-electron chi connectivity index (χ0n) is 6.01. The fraction of sp³-hybridized carbons (Fsp3) is 0.429. The summed E-state index contributed by atoms with van der Waals surface area (Å²) in [6.45, 7) is 4.25. The second-order valence-electron chi connectivity index (χ2n) is 1.66. The second-order valence-corrected chi connectivity index (χ2v) is 3.15. The van der Waals surface area contributed by atoms with Crippen LogP contribution in [0.4, 0.5) is 0 Å². The summed E-state index contributed by atoms with van der Waals surface area (Å²) >= 11 is 5.37. The molecule has 0 saturated heterocycles. The van der Waals surface area contributed by atoms with E-state index in [1.54, 1.807) is 6.26 Å². The smallest absolute Gasteiger partial charge is 0.00170 e. The summed E-state index contributed by atoms with van der Waals surface area (Å²) in [7, 11) is 0. The average molecular weight is 160 g/mol. The molecule has 0 aromatic carbocycles. The van der Waals surface area contributed by atoms with Crippen molar-refractivity contribution in [3.05, 3.63) is 21.9 Å². The van der Waals surface area contributed by atoms with Crippen LogP contribution in [-0.4, -0.2) is 6.26 Å². The van der Waals surface area contributed by atoms with Gasteiger partial charge >= 0.3 is 0 Å². The molecule has 0 aliphatic rings. The molecule has 0 aliphatic heterocycles. The normalized spacial score (nSPS) is 8.00. The third-order valence-electron chi connectivity index (χ3n) is 0.875. The molecule has 0 bridgehead atoms. The van der Waals surface area contributed by atoms with Crippen LogP contribution in [-0.2, 0) is 0 Å². The minimum Gasteiger partial charge on any atom is -0.183 e. The van der Waals surface area contributed by atoms with Gasteiger partial charge in [-0.3, -0.25) is 0 Å². The van der Waals surface area contributed by atoms with Crippen molar-refractivity contribution in [2.45, 2.75) is 13.8 Å². The van der Waals surface area contributed by atoms with Crippen molar-refractivity contribution in [2.75, 3.05) is 6.26 Å². The van der Waals surface area contributed by atoms with Gasteiger partial charge in [-0.25, -0.2) is 0 Å². The Morgan fingerprint density at radius 3 is 1.56 bits per heavy atom. The van der Waals surface area contributed by atoms with Gasteiger partial charge in [0.15, 0.2) is 0 Å². The van der Waals surface area contributed by atoms with Crippen LogP contribution in [0.15, 0.2) is 12.1 Å². The molecule has 0 amide bonds. The van der Waals surface area contributed by atoms with E-state index in [0.717, 1.165) is 0 Å². The molecule has 1 rings (SSSR count). The van der Waals surface area contributed by atoms with Crippen LogP contribution in [0.3, 0.4) is 0 Å². The van der Waals surface area contributed by atoms with E-state index in [1.807, 2.05) is 11.3 Å². The highest BCUT2D eigenvalue weighted by Gasteiger charge is 1.84. The Balaban J connectivity index is 0.000000291. The van der Waals surface area contributed by atoms with E-state index in [0.29, 0.717) is 0 Å². The largest absolute Gasteiger partial charge is 0.183 e. The van der Waals surface area contributed by atoms with Gasteiger partial charge in [0.05, 0.1) is 0 Å². The fourth-order valence-corrected chi connectivity index (χ4v) is 1.34. The number of aryl methyl sites for hydroxylation is 2. The van der Waals surface area contributed by atoms with Gasteiger partial charge in [0, 0.05) is 9.75 Å². The molecular formula is C7H12S2. The number of hydrogen-bond donors (Lipinski definition) is 1. The predicted octanol–water partition coefficient (Wildman–Crippen LogP) is 2.91. The monoisotopic (exact) mass is 160 g/mol. The molecule has 0 atom stereocenters. The Morgan fingerprint density at radius 2 is 1.44 bits per heavy atom. The van der Waals surface area contributed by atoms with E-state index < -0.39 is 0 Å². The Bertz CT molecular complexity index is 139. The van der Waals surface area contributed by atoms with Crippen LogP contribution in [0.2, 0.25) is 0 Å². The molecule has 1 aromatic rings. The Kier molecular flexibility index (Phi) is 4.91. The topological polar surface area (TPSA) is 0 Å². The van der Waals surface area contributed by atoms with Crippen LogP contribution in [0.25, 0.3) is 0 Å². The molecule has 0 N–H and O–H groups in total. The Hall–Kier alpha value is 0.0500. The molecule has 1 heterocycles. The van der Waals surface area contributed by atoms with Crippen LogP contribution in [0.1, 0.15) is 9.75 Å². The first-order chi connectivity index (χ1) is 4.29. The molecule has 0 radical (unpaired) electrons. The van der Waals surface area contributed by atoms with Gasteiger partial charge in [-0.15, -0.1) is 11.3 Å². The van der Waals surface area contributed by atoms with Gasteiger partial charge in [0.2, 0.25) is 0 Å². The quantitative estimate of drug-likeness (QED) is 0.554. The third kappa shape index (κ3) is 3.60. The van der Waals surface area contributed by atoms with E-state index in [-0.39, 0.29) is 0 Å². The molecule has 0 aliphatic carbocycles. The highest BCUT2D eigenvalue weighted by molar-refractivity contribution is 7.79. The predicted molar refractivity (Wildman–Crippen MR) is 48.7 cm³/mol. The van der Waals surface area contributed by atoms with Gasteiger partial charge in [0.25, 0.3) is 0 Å². The summed E-state index contributed by atoms with van der Waals surface area (Å²) in [5.74, 6) is 0. The van der Waals surface area contributed by atoms with Gasteiger partial charge in [-0.05, 0) is 32.2 Å². The third-order valence-corrected chi connectivity index (χ3v) is 1.79. The lowest BCUT2D eigenvalue weighted by molar-refractivity contribution is 1.61. The lowest BCUT2D eigenvalue weighted by Crippen LogP contribution is -1.44. The lowest BCUT2D eigenvalue weighted by Gasteiger charge is -1.71. The van der Waals surface area contributed by atoms with E-state index >= 15 is 0 Å². The van der Waals surface area contributed by atoms with Crippen molar-refractivity contribution in [3.63, 3.8) is 0 Å². The molecule has 0 spiro atoms. The van der Waals surface area contributed by atoms with E-state index in [4.69, 9.17) is 0 Å². The number of thiophene rings is 1. The maximum Gasteiger partial charge on any atom is 0.00170 e. The van der Waals surface area contributed by atoms with E-state index in [1.165, 1.54) is 9.75 Å². The molecule has 0 saturated carbocycles. The van der Waals surface area contributed by atoms with Crippen molar-refractivity contribution in [1.29, 1.82) is 0 Å². The number of hydrogen-bond acceptors (Lipinski definition) is 2. The van der Waals surface area contributed by atoms with Gasteiger partial charge < -0.3 is 0 Å². The molecule has 9 heavy (non-hydrogen) atoms. The maximum absolute atomic E-state index is 3.53. The minimum absolute atomic E-state index is 1.40. The van der Waals surface area contributed by atoms with Gasteiger partial charge in [-0.2, -0.15) is 12.6 Å². The Morgan fingerprint density at radius 1 is 1.11 bits per heavy atom. The molecule has 0 unspecified atom stereocenters. The summed E-state index contributed by atoms with van der Waals surface area (Å²) < 4.78 is 0. The first-order valence-electron chi connectivity index (χ1n) is 2.77. The first-order valence-corrected chi connectivity index (χ1v) is 4.48. The summed E-state index contributed by atoms with van der Waals surface area (Å²) in [6.07, 6.45) is 1.69. The van der Waals surface area contributed by atoms with Crippen molar-refractivity contribution < 1.29 is 0 Å². The maximum atomic E-state index is 3.53. The molecule has 0 nitrogen and oxygen atoms in total. The molecular weight excluding hydrogens is 148 g/mol. The molecule has 1 aromatic heterocycles. The molecule has 2 heteroatoms. The minimum atomic E-state index is 1.40. The summed E-state index contributed by atoms with van der Waals surface area (Å²) in [5, 5.41) is 0. The summed E-state index contributed by atoms with van der Waals surface area (Å²) in [6, 6.07) is 4.28. The van der Waals surface area contributed by atoms with Gasteiger partial charge in [0.1, 0.15) is 0 Å². The van der Waals surface area contributed by atoms with Crippen molar-refractivity contribution >= 4 is 24.0 Å². The van der Waals surface area contributed by atoms with Crippen LogP contribution >= 0.6 is 24.0 Å². The van der Waals surface area contributed by atoms with Crippen LogP contribution in [0, 0.1) is 13.8 Å². The molecule has 52 valence electrons. The highest BCUT2D eigenvalue weighted by Crippen LogP contribution is 2.11. The second kappa shape index (κ2) is 4.89. The summed E-state index contributed by atoms with van der Waals surface area (Å²) in [5.41, 5.74) is 0. The lowest BCUT2D eigenvalue weighted by atomic mass is 10.5. The van der Waals surface area contributed by atoms with Crippen LogP contribution < -0.4 is 0 Å². The zero-order valence-corrected chi connectivity index (χ0v) is 7.72. The number of rotatable bonds is 0. The summed E-state index contributed by atoms with van der Waals surface area (Å²) in [4.78, 5) is 2.80. The van der Waals surface area contributed by atoms with Crippen LogP contribution in [0.5, 0.6) is 0 Å². The van der Waals surface area contributed by atoms with E-state index in [2.05, 4.69) is 38.6 Å². The highest BCUT2D eigenvalue weighted by atomic mass is 32.1. The first kappa shape index (κ1) is 9.05. The molecule has 0 fully saturated rings. The Labute approximate surface area is 66.3 Å². The SMILES string of the molecule is CS.Cc1ccc(C)s1.